The SMILES string of the molecule is CCNC(=NCc1ccccc1OC)NCCNC(C)(C)C.I. The van der Waals surface area contributed by atoms with Gasteiger partial charge < -0.3 is 20.7 Å². The molecule has 0 saturated carbocycles. The highest BCUT2D eigenvalue weighted by atomic mass is 127. The molecule has 5 nitrogen and oxygen atoms in total. The maximum atomic E-state index is 5.35. The van der Waals surface area contributed by atoms with Gasteiger partial charge in [-0.15, -0.1) is 24.0 Å². The van der Waals surface area contributed by atoms with Gasteiger partial charge in [0.15, 0.2) is 5.96 Å². The van der Waals surface area contributed by atoms with Gasteiger partial charge in [-0.3, -0.25) is 0 Å². The molecular weight excluding hydrogens is 403 g/mol. The highest BCUT2D eigenvalue weighted by Crippen LogP contribution is 2.17. The highest BCUT2D eigenvalue weighted by molar-refractivity contribution is 14.0. The summed E-state index contributed by atoms with van der Waals surface area (Å²) in [5.41, 5.74) is 1.21. The molecule has 0 aliphatic rings. The fourth-order valence-electron chi connectivity index (χ4n) is 1.96. The Morgan fingerprint density at radius 1 is 1.13 bits per heavy atom. The van der Waals surface area contributed by atoms with Crippen molar-refractivity contribution in [2.75, 3.05) is 26.7 Å². The minimum Gasteiger partial charge on any atom is -0.496 e. The molecule has 3 N–H and O–H groups in total. The summed E-state index contributed by atoms with van der Waals surface area (Å²) < 4.78 is 5.35. The molecule has 0 aromatic heterocycles. The van der Waals surface area contributed by atoms with Gasteiger partial charge in [0.1, 0.15) is 5.75 Å². The molecule has 1 aromatic carbocycles. The molecule has 0 atom stereocenters. The van der Waals surface area contributed by atoms with Crippen LogP contribution in [0.5, 0.6) is 5.75 Å². The molecule has 1 aromatic rings. The van der Waals surface area contributed by atoms with Gasteiger partial charge in [0.05, 0.1) is 13.7 Å². The van der Waals surface area contributed by atoms with Crippen molar-refractivity contribution in [1.29, 1.82) is 0 Å². The Bertz CT molecular complexity index is 472. The lowest BCUT2D eigenvalue weighted by molar-refractivity contribution is 0.410. The van der Waals surface area contributed by atoms with Gasteiger partial charge in [-0.2, -0.15) is 0 Å². The van der Waals surface area contributed by atoms with Crippen molar-refractivity contribution in [1.82, 2.24) is 16.0 Å². The first-order chi connectivity index (χ1) is 10.5. The van der Waals surface area contributed by atoms with Crippen LogP contribution in [-0.4, -0.2) is 38.2 Å². The van der Waals surface area contributed by atoms with Crippen LogP contribution in [0.1, 0.15) is 33.3 Å². The quantitative estimate of drug-likeness (QED) is 0.267. The number of rotatable bonds is 7. The van der Waals surface area contributed by atoms with Crippen molar-refractivity contribution in [3.63, 3.8) is 0 Å². The Kier molecular flexibility index (Phi) is 11.0. The smallest absolute Gasteiger partial charge is 0.191 e. The number of aliphatic imine (C=N–C) groups is 1. The van der Waals surface area contributed by atoms with E-state index in [2.05, 4.69) is 48.6 Å². The van der Waals surface area contributed by atoms with E-state index in [1.807, 2.05) is 24.3 Å². The zero-order chi connectivity index (χ0) is 16.4. The molecule has 1 rings (SSSR count). The van der Waals surface area contributed by atoms with Crippen LogP contribution in [0.25, 0.3) is 0 Å². The number of guanidine groups is 1. The Hall–Kier alpha value is -1.02. The van der Waals surface area contributed by atoms with E-state index in [0.29, 0.717) is 6.54 Å². The van der Waals surface area contributed by atoms with E-state index in [4.69, 9.17) is 4.74 Å². The van der Waals surface area contributed by atoms with Crippen LogP contribution < -0.4 is 20.7 Å². The molecular formula is C17H31IN4O. The van der Waals surface area contributed by atoms with E-state index in [9.17, 15) is 0 Å². The number of halogens is 1. The third-order valence-corrected chi connectivity index (χ3v) is 3.02. The molecule has 0 aliphatic heterocycles. The number of ether oxygens (including phenoxy) is 1. The first-order valence-corrected chi connectivity index (χ1v) is 7.85. The minimum atomic E-state index is 0. The first-order valence-electron chi connectivity index (χ1n) is 7.85. The number of methoxy groups -OCH3 is 1. The lowest BCUT2D eigenvalue weighted by atomic mass is 10.1. The van der Waals surface area contributed by atoms with Gasteiger partial charge in [-0.05, 0) is 33.8 Å². The fourth-order valence-corrected chi connectivity index (χ4v) is 1.96. The Morgan fingerprint density at radius 3 is 2.43 bits per heavy atom. The molecule has 0 radical (unpaired) electrons. The van der Waals surface area contributed by atoms with Crippen LogP contribution in [0.15, 0.2) is 29.3 Å². The maximum absolute atomic E-state index is 5.35. The van der Waals surface area contributed by atoms with Crippen molar-refractivity contribution >= 4 is 29.9 Å². The highest BCUT2D eigenvalue weighted by Gasteiger charge is 2.07. The van der Waals surface area contributed by atoms with E-state index in [1.165, 1.54) is 0 Å². The van der Waals surface area contributed by atoms with Crippen LogP contribution in [0.2, 0.25) is 0 Å². The lowest BCUT2D eigenvalue weighted by Crippen LogP contribution is -2.44. The van der Waals surface area contributed by atoms with E-state index in [0.717, 1.165) is 36.9 Å². The molecule has 0 spiro atoms. The fraction of sp³-hybridized carbons (Fsp3) is 0.588. The van der Waals surface area contributed by atoms with Crippen molar-refractivity contribution in [3.05, 3.63) is 29.8 Å². The second kappa shape index (κ2) is 11.5. The van der Waals surface area contributed by atoms with Crippen molar-refractivity contribution in [2.24, 2.45) is 4.99 Å². The summed E-state index contributed by atoms with van der Waals surface area (Å²) in [6.45, 7) is 11.7. The summed E-state index contributed by atoms with van der Waals surface area (Å²) >= 11 is 0. The second-order valence-corrected chi connectivity index (χ2v) is 6.11. The van der Waals surface area contributed by atoms with Crippen LogP contribution in [-0.2, 0) is 6.54 Å². The predicted molar refractivity (Wildman–Crippen MR) is 109 cm³/mol. The molecule has 0 aliphatic carbocycles. The number of benzene rings is 1. The zero-order valence-electron chi connectivity index (χ0n) is 14.9. The topological polar surface area (TPSA) is 57.7 Å². The molecule has 0 bridgehead atoms. The number of hydrogen-bond acceptors (Lipinski definition) is 3. The van der Waals surface area contributed by atoms with Gasteiger partial charge in [0.2, 0.25) is 0 Å². The summed E-state index contributed by atoms with van der Waals surface area (Å²) in [5, 5.41) is 10.0. The minimum absolute atomic E-state index is 0. The van der Waals surface area contributed by atoms with Crippen LogP contribution >= 0.6 is 24.0 Å². The molecule has 0 saturated heterocycles. The number of nitrogens with one attached hydrogen (secondary N) is 3. The largest absolute Gasteiger partial charge is 0.496 e. The predicted octanol–water partition coefficient (Wildman–Crippen LogP) is 2.76. The average Bonchev–Trinajstić information content (AvgIpc) is 2.48. The monoisotopic (exact) mass is 434 g/mol. The van der Waals surface area contributed by atoms with Gasteiger partial charge >= 0.3 is 0 Å². The van der Waals surface area contributed by atoms with Crippen molar-refractivity contribution in [2.45, 2.75) is 39.8 Å². The lowest BCUT2D eigenvalue weighted by Gasteiger charge is -2.21. The van der Waals surface area contributed by atoms with Crippen LogP contribution in [0.3, 0.4) is 0 Å². The molecule has 23 heavy (non-hydrogen) atoms. The van der Waals surface area contributed by atoms with Crippen LogP contribution in [0, 0.1) is 0 Å². The standard InChI is InChI=1S/C17H30N4O.HI/c1-6-18-16(19-11-12-21-17(2,3)4)20-13-14-9-7-8-10-15(14)22-5;/h7-10,21H,6,11-13H2,1-5H3,(H2,18,19,20);1H. The molecule has 0 heterocycles. The summed E-state index contributed by atoms with van der Waals surface area (Å²) in [6, 6.07) is 7.96. The third kappa shape index (κ3) is 9.65. The summed E-state index contributed by atoms with van der Waals surface area (Å²) in [5.74, 6) is 1.70. The zero-order valence-corrected chi connectivity index (χ0v) is 17.2. The van der Waals surface area contributed by atoms with Gasteiger partial charge in [-0.25, -0.2) is 4.99 Å². The van der Waals surface area contributed by atoms with Gasteiger partial charge in [0.25, 0.3) is 0 Å². The molecule has 132 valence electrons. The normalized spacial score (nSPS) is 11.6. The molecule has 6 heteroatoms. The Morgan fingerprint density at radius 2 is 1.83 bits per heavy atom. The maximum Gasteiger partial charge on any atom is 0.191 e. The van der Waals surface area contributed by atoms with Crippen molar-refractivity contribution < 1.29 is 4.74 Å². The molecule has 0 unspecified atom stereocenters. The van der Waals surface area contributed by atoms with Gasteiger partial charge in [0, 0.05) is 30.7 Å². The Balaban J connectivity index is 0.00000484. The third-order valence-electron chi connectivity index (χ3n) is 3.02. The summed E-state index contributed by atoms with van der Waals surface area (Å²) in [4.78, 5) is 4.61. The average molecular weight is 434 g/mol. The van der Waals surface area contributed by atoms with Crippen molar-refractivity contribution in [3.8, 4) is 5.75 Å². The number of hydrogen-bond donors (Lipinski definition) is 3. The van der Waals surface area contributed by atoms with E-state index in [-0.39, 0.29) is 29.5 Å². The Labute approximate surface area is 157 Å². The van der Waals surface area contributed by atoms with Gasteiger partial charge in [-0.1, -0.05) is 18.2 Å². The van der Waals surface area contributed by atoms with Crippen LogP contribution in [0.4, 0.5) is 0 Å². The summed E-state index contributed by atoms with van der Waals surface area (Å²) in [6.07, 6.45) is 0. The molecule has 0 fully saturated rings. The number of para-hydroxylation sites is 1. The second-order valence-electron chi connectivity index (χ2n) is 6.11. The van der Waals surface area contributed by atoms with E-state index >= 15 is 0 Å². The number of nitrogens with zero attached hydrogens (tertiary/aromatic N) is 1. The van der Waals surface area contributed by atoms with E-state index in [1.54, 1.807) is 7.11 Å². The van der Waals surface area contributed by atoms with E-state index < -0.39 is 0 Å². The summed E-state index contributed by atoms with van der Waals surface area (Å²) in [7, 11) is 1.68. The first kappa shape index (κ1) is 22.0. The molecule has 0 amide bonds.